The van der Waals surface area contributed by atoms with Crippen molar-refractivity contribution in [3.05, 3.63) is 29.0 Å². The van der Waals surface area contributed by atoms with Crippen LogP contribution in [0.4, 0.5) is 5.69 Å². The fourth-order valence-corrected chi connectivity index (χ4v) is 2.94. The highest BCUT2D eigenvalue weighted by molar-refractivity contribution is 7.07. The molecule has 5 nitrogen and oxygen atoms in total. The lowest BCUT2D eigenvalue weighted by Crippen LogP contribution is -2.15. The van der Waals surface area contributed by atoms with Crippen LogP contribution in [0.2, 0.25) is 0 Å². The van der Waals surface area contributed by atoms with Gasteiger partial charge in [0, 0.05) is 18.2 Å². The van der Waals surface area contributed by atoms with Crippen LogP contribution in [-0.2, 0) is 11.3 Å². The van der Waals surface area contributed by atoms with Crippen molar-refractivity contribution >= 4 is 17.0 Å². The maximum Gasteiger partial charge on any atom is 0.0795 e. The van der Waals surface area contributed by atoms with Gasteiger partial charge in [-0.3, -0.25) is 4.68 Å². The number of hydrogen-bond acceptors (Lipinski definition) is 5. The van der Waals surface area contributed by atoms with Crippen molar-refractivity contribution in [1.82, 2.24) is 14.8 Å². The van der Waals surface area contributed by atoms with Gasteiger partial charge in [-0.05, 0) is 19.8 Å². The Labute approximate surface area is 116 Å². The van der Waals surface area contributed by atoms with E-state index in [1.807, 2.05) is 22.6 Å². The minimum absolute atomic E-state index is 0.201. The predicted molar refractivity (Wildman–Crippen MR) is 75.4 cm³/mol. The third-order valence-electron chi connectivity index (χ3n) is 3.33. The van der Waals surface area contributed by atoms with Gasteiger partial charge in [-0.25, -0.2) is 4.98 Å². The summed E-state index contributed by atoms with van der Waals surface area (Å²) in [5.41, 5.74) is 3.95. The number of rotatable bonds is 5. The fraction of sp³-hybridized carbons (Fsp3) is 0.538. The summed E-state index contributed by atoms with van der Waals surface area (Å²) < 4.78 is 7.57. The van der Waals surface area contributed by atoms with Gasteiger partial charge in [0.1, 0.15) is 0 Å². The van der Waals surface area contributed by atoms with Gasteiger partial charge in [0.15, 0.2) is 0 Å². The number of nitrogens with one attached hydrogen (secondary N) is 1. The molecule has 3 rings (SSSR count). The molecule has 0 bridgehead atoms. The van der Waals surface area contributed by atoms with Crippen LogP contribution >= 0.6 is 11.3 Å². The standard InChI is InChI=1S/C13H18N4OS/c1-10(13-8-19-9-14-13)16-11-5-15-17(6-11)7-12-3-2-4-18-12/h5-6,8-10,12,16H,2-4,7H2,1H3. The molecule has 0 aliphatic carbocycles. The molecule has 1 fully saturated rings. The Morgan fingerprint density at radius 1 is 1.63 bits per heavy atom. The maximum atomic E-state index is 5.62. The third-order valence-corrected chi connectivity index (χ3v) is 3.93. The van der Waals surface area contributed by atoms with Crippen molar-refractivity contribution in [2.24, 2.45) is 0 Å². The van der Waals surface area contributed by atoms with Crippen LogP contribution in [0, 0.1) is 0 Å². The van der Waals surface area contributed by atoms with E-state index in [-0.39, 0.29) is 6.04 Å². The lowest BCUT2D eigenvalue weighted by atomic mass is 10.2. The topological polar surface area (TPSA) is 52.0 Å². The first-order chi connectivity index (χ1) is 9.31. The lowest BCUT2D eigenvalue weighted by Gasteiger charge is -2.11. The van der Waals surface area contributed by atoms with Gasteiger partial charge in [-0.15, -0.1) is 11.3 Å². The van der Waals surface area contributed by atoms with E-state index >= 15 is 0 Å². The molecule has 1 N–H and O–H groups in total. The van der Waals surface area contributed by atoms with Crippen molar-refractivity contribution in [3.63, 3.8) is 0 Å². The van der Waals surface area contributed by atoms with Crippen LogP contribution in [0.3, 0.4) is 0 Å². The monoisotopic (exact) mass is 278 g/mol. The molecular formula is C13H18N4OS. The molecule has 2 atom stereocenters. The largest absolute Gasteiger partial charge is 0.376 e. The number of thiazole rings is 1. The lowest BCUT2D eigenvalue weighted by molar-refractivity contribution is 0.0940. The molecule has 2 unspecified atom stereocenters. The fourth-order valence-electron chi connectivity index (χ4n) is 2.29. The first-order valence-corrected chi connectivity index (χ1v) is 7.54. The van der Waals surface area contributed by atoms with Gasteiger partial charge in [0.25, 0.3) is 0 Å². The predicted octanol–water partition coefficient (Wildman–Crippen LogP) is 2.69. The third kappa shape index (κ3) is 3.13. The van der Waals surface area contributed by atoms with Crippen molar-refractivity contribution < 1.29 is 4.74 Å². The maximum absolute atomic E-state index is 5.62. The second kappa shape index (κ2) is 5.71. The molecule has 3 heterocycles. The van der Waals surface area contributed by atoms with Crippen LogP contribution in [0.25, 0.3) is 0 Å². The van der Waals surface area contributed by atoms with Gasteiger partial charge in [-0.2, -0.15) is 5.10 Å². The summed E-state index contributed by atoms with van der Waals surface area (Å²) in [6.45, 7) is 3.83. The van der Waals surface area contributed by atoms with Crippen LogP contribution in [0.1, 0.15) is 31.5 Å². The molecule has 0 aromatic carbocycles. The van der Waals surface area contributed by atoms with Crippen molar-refractivity contribution in [2.75, 3.05) is 11.9 Å². The Bertz CT molecular complexity index is 504. The summed E-state index contributed by atoms with van der Waals surface area (Å²) in [6.07, 6.45) is 6.52. The van der Waals surface area contributed by atoms with Gasteiger partial charge in [0.05, 0.1) is 41.8 Å². The van der Waals surface area contributed by atoms with E-state index in [0.717, 1.165) is 37.4 Å². The van der Waals surface area contributed by atoms with Crippen molar-refractivity contribution in [1.29, 1.82) is 0 Å². The quantitative estimate of drug-likeness (QED) is 0.913. The minimum atomic E-state index is 0.201. The average molecular weight is 278 g/mol. The van der Waals surface area contributed by atoms with Gasteiger partial charge in [-0.1, -0.05) is 0 Å². The Hall–Kier alpha value is -1.40. The second-order valence-electron chi connectivity index (χ2n) is 4.87. The van der Waals surface area contributed by atoms with Crippen LogP contribution in [0.15, 0.2) is 23.3 Å². The van der Waals surface area contributed by atoms with E-state index in [9.17, 15) is 0 Å². The summed E-state index contributed by atoms with van der Waals surface area (Å²) >= 11 is 1.62. The summed E-state index contributed by atoms with van der Waals surface area (Å²) in [7, 11) is 0. The summed E-state index contributed by atoms with van der Waals surface area (Å²) in [6, 6.07) is 0.201. The normalized spacial score (nSPS) is 20.6. The second-order valence-corrected chi connectivity index (χ2v) is 5.58. The highest BCUT2D eigenvalue weighted by Crippen LogP contribution is 2.19. The van der Waals surface area contributed by atoms with E-state index in [2.05, 4.69) is 27.7 Å². The molecule has 1 saturated heterocycles. The van der Waals surface area contributed by atoms with E-state index in [4.69, 9.17) is 4.74 Å². The molecule has 2 aromatic rings. The zero-order valence-corrected chi connectivity index (χ0v) is 11.8. The molecule has 2 aromatic heterocycles. The number of nitrogens with zero attached hydrogens (tertiary/aromatic N) is 3. The highest BCUT2D eigenvalue weighted by Gasteiger charge is 2.16. The molecule has 0 amide bonds. The first kappa shape index (κ1) is 12.6. The van der Waals surface area contributed by atoms with Crippen LogP contribution < -0.4 is 5.32 Å². The molecular weight excluding hydrogens is 260 g/mol. The van der Waals surface area contributed by atoms with Gasteiger partial charge >= 0.3 is 0 Å². The Kier molecular flexibility index (Phi) is 3.79. The molecule has 1 aliphatic rings. The molecule has 1 aliphatic heterocycles. The van der Waals surface area contributed by atoms with E-state index < -0.39 is 0 Å². The zero-order valence-electron chi connectivity index (χ0n) is 11.0. The van der Waals surface area contributed by atoms with Gasteiger partial charge in [0.2, 0.25) is 0 Å². The number of anilines is 1. The smallest absolute Gasteiger partial charge is 0.0795 e. The summed E-state index contributed by atoms with van der Waals surface area (Å²) in [4.78, 5) is 4.31. The van der Waals surface area contributed by atoms with Crippen molar-refractivity contribution in [2.45, 2.75) is 38.5 Å². The Balaban J connectivity index is 1.58. The molecule has 0 saturated carbocycles. The minimum Gasteiger partial charge on any atom is -0.376 e. The average Bonchev–Trinajstić information content (AvgIpc) is 3.10. The zero-order chi connectivity index (χ0) is 13.1. The molecule has 6 heteroatoms. The molecule has 0 radical (unpaired) electrons. The molecule has 0 spiro atoms. The van der Waals surface area contributed by atoms with Crippen LogP contribution in [0.5, 0.6) is 0 Å². The van der Waals surface area contributed by atoms with Crippen molar-refractivity contribution in [3.8, 4) is 0 Å². The summed E-state index contributed by atoms with van der Waals surface area (Å²) in [5.74, 6) is 0. The Morgan fingerprint density at radius 2 is 2.58 bits per heavy atom. The Morgan fingerprint density at radius 3 is 3.32 bits per heavy atom. The number of aromatic nitrogens is 3. The first-order valence-electron chi connectivity index (χ1n) is 6.60. The number of hydrogen-bond donors (Lipinski definition) is 1. The number of ether oxygens (including phenoxy) is 1. The van der Waals surface area contributed by atoms with Crippen LogP contribution in [-0.4, -0.2) is 27.5 Å². The summed E-state index contributed by atoms with van der Waals surface area (Å²) in [5, 5.41) is 9.84. The molecule has 19 heavy (non-hydrogen) atoms. The van der Waals surface area contributed by atoms with E-state index in [1.165, 1.54) is 0 Å². The highest BCUT2D eigenvalue weighted by atomic mass is 32.1. The van der Waals surface area contributed by atoms with E-state index in [0.29, 0.717) is 6.10 Å². The van der Waals surface area contributed by atoms with Gasteiger partial charge < -0.3 is 10.1 Å². The van der Waals surface area contributed by atoms with E-state index in [1.54, 1.807) is 11.3 Å². The molecule has 102 valence electrons. The SMILES string of the molecule is CC(Nc1cnn(CC2CCCO2)c1)c1cscn1.